The van der Waals surface area contributed by atoms with Crippen LogP contribution in [0.15, 0.2) is 14.7 Å². The Labute approximate surface area is 142 Å². The molecule has 0 spiro atoms. The van der Waals surface area contributed by atoms with Gasteiger partial charge in [-0.3, -0.25) is 19.1 Å². The van der Waals surface area contributed by atoms with Crippen molar-refractivity contribution in [3.05, 3.63) is 20.8 Å². The van der Waals surface area contributed by atoms with Crippen LogP contribution in [-0.2, 0) is 18.4 Å². The Morgan fingerprint density at radius 3 is 2.62 bits per heavy atom. The summed E-state index contributed by atoms with van der Waals surface area (Å²) in [6.07, 6.45) is 5.33. The normalized spacial score (nSPS) is 11.2. The monoisotopic (exact) mass is 354 g/mol. The average molecular weight is 354 g/mol. The molecular weight excluding hydrogens is 332 g/mol. The predicted molar refractivity (Wildman–Crippen MR) is 92.7 cm³/mol. The minimum absolute atomic E-state index is 0.148. The summed E-state index contributed by atoms with van der Waals surface area (Å²) in [4.78, 5) is 41.4. The number of carboxylic acid groups (broad SMARTS) is 1. The number of nitrogens with one attached hydrogen (secondary N) is 1. The molecule has 2 aromatic heterocycles. The fourth-order valence-electron chi connectivity index (χ4n) is 2.53. The van der Waals surface area contributed by atoms with Crippen LogP contribution < -0.4 is 11.2 Å². The zero-order valence-electron chi connectivity index (χ0n) is 13.9. The zero-order chi connectivity index (χ0) is 17.7. The smallest absolute Gasteiger partial charge is 0.329 e. The van der Waals surface area contributed by atoms with E-state index in [0.717, 1.165) is 37.4 Å². The first kappa shape index (κ1) is 18.3. The van der Waals surface area contributed by atoms with Gasteiger partial charge in [0.1, 0.15) is 0 Å². The van der Waals surface area contributed by atoms with Crippen LogP contribution >= 0.6 is 11.8 Å². The van der Waals surface area contributed by atoms with Crippen molar-refractivity contribution in [3.8, 4) is 0 Å². The van der Waals surface area contributed by atoms with E-state index in [2.05, 4.69) is 16.9 Å². The number of carboxylic acids is 1. The molecule has 8 nitrogen and oxygen atoms in total. The highest BCUT2D eigenvalue weighted by Gasteiger charge is 2.18. The molecule has 0 aliphatic rings. The lowest BCUT2D eigenvalue weighted by Gasteiger charge is -2.07. The van der Waals surface area contributed by atoms with E-state index in [9.17, 15) is 14.4 Å². The van der Waals surface area contributed by atoms with Crippen molar-refractivity contribution < 1.29 is 9.90 Å². The largest absolute Gasteiger partial charge is 0.481 e. The minimum atomic E-state index is -0.954. The number of hydrogen-bond acceptors (Lipinski definition) is 5. The van der Waals surface area contributed by atoms with Crippen molar-refractivity contribution in [1.29, 1.82) is 0 Å². The van der Waals surface area contributed by atoms with Crippen LogP contribution in [-0.4, -0.2) is 35.9 Å². The zero-order valence-corrected chi connectivity index (χ0v) is 14.7. The van der Waals surface area contributed by atoms with Crippen LogP contribution in [0, 0.1) is 0 Å². The van der Waals surface area contributed by atoms with Crippen LogP contribution in [0.1, 0.15) is 39.0 Å². The Hall–Kier alpha value is -2.03. The second kappa shape index (κ2) is 8.18. The van der Waals surface area contributed by atoms with Gasteiger partial charge < -0.3 is 9.67 Å². The first-order valence-electron chi connectivity index (χ1n) is 7.99. The molecule has 0 aromatic carbocycles. The first-order valence-corrected chi connectivity index (χ1v) is 8.98. The van der Waals surface area contributed by atoms with Gasteiger partial charge in [-0.2, -0.15) is 0 Å². The summed E-state index contributed by atoms with van der Waals surface area (Å²) in [7, 11) is 1.53. The molecule has 0 unspecified atom stereocenters. The van der Waals surface area contributed by atoms with Gasteiger partial charge in [-0.05, 0) is 6.42 Å². The highest BCUT2D eigenvalue weighted by molar-refractivity contribution is 7.99. The molecule has 0 saturated carbocycles. The third-order valence-corrected chi connectivity index (χ3v) is 4.74. The van der Waals surface area contributed by atoms with E-state index in [1.54, 1.807) is 4.57 Å². The molecule has 0 atom stereocenters. The minimum Gasteiger partial charge on any atom is -0.481 e. The van der Waals surface area contributed by atoms with Gasteiger partial charge >= 0.3 is 11.7 Å². The molecule has 0 amide bonds. The molecule has 0 fully saturated rings. The quantitative estimate of drug-likeness (QED) is 0.522. The number of fused-ring (bicyclic) bond motifs is 1. The van der Waals surface area contributed by atoms with Crippen LogP contribution in [0.5, 0.6) is 0 Å². The average Bonchev–Trinajstić information content (AvgIpc) is 2.90. The molecule has 2 rings (SSSR count). The number of thioether (sulfide) groups is 1. The fraction of sp³-hybridized carbons (Fsp3) is 0.600. The number of nitrogens with zero attached hydrogens (tertiary/aromatic N) is 3. The standard InChI is InChI=1S/C15H22N4O4S/c1-3-4-5-6-7-8-19-11-12(16-15(19)24-9-10(20)21)18(2)14(23)17-13(11)22/h3-9H2,1-2H3,(H,20,21)(H,17,22,23). The Morgan fingerprint density at radius 2 is 1.96 bits per heavy atom. The number of unbranched alkanes of at least 4 members (excludes halogenated alkanes) is 4. The molecule has 0 saturated heterocycles. The van der Waals surface area contributed by atoms with E-state index in [4.69, 9.17) is 5.11 Å². The van der Waals surface area contributed by atoms with Crippen LogP contribution in [0.4, 0.5) is 0 Å². The Bertz CT molecular complexity index is 836. The number of carbonyl (C=O) groups is 1. The number of H-pyrrole nitrogens is 1. The summed E-state index contributed by atoms with van der Waals surface area (Å²) < 4.78 is 3.00. The van der Waals surface area contributed by atoms with Crippen LogP contribution in [0.2, 0.25) is 0 Å². The van der Waals surface area contributed by atoms with Gasteiger partial charge in [-0.1, -0.05) is 44.4 Å². The van der Waals surface area contributed by atoms with E-state index in [1.165, 1.54) is 18.0 Å². The summed E-state index contributed by atoms with van der Waals surface area (Å²) in [5, 5.41) is 9.34. The molecule has 2 aromatic rings. The molecular formula is C15H22N4O4S. The number of hydrogen-bond donors (Lipinski definition) is 2. The summed E-state index contributed by atoms with van der Waals surface area (Å²) in [6, 6.07) is 0. The molecule has 9 heteroatoms. The van der Waals surface area contributed by atoms with Gasteiger partial charge in [0.05, 0.1) is 5.75 Å². The van der Waals surface area contributed by atoms with E-state index < -0.39 is 17.2 Å². The van der Waals surface area contributed by atoms with Crippen molar-refractivity contribution in [3.63, 3.8) is 0 Å². The number of imidazole rings is 1. The summed E-state index contributed by atoms with van der Waals surface area (Å²) >= 11 is 1.06. The molecule has 0 bridgehead atoms. The molecule has 2 heterocycles. The van der Waals surface area contributed by atoms with Gasteiger partial charge in [-0.25, -0.2) is 9.78 Å². The number of aliphatic carboxylic acids is 1. The fourth-order valence-corrected chi connectivity index (χ4v) is 3.27. The molecule has 132 valence electrons. The van der Waals surface area contributed by atoms with E-state index in [1.807, 2.05) is 0 Å². The number of aromatic nitrogens is 4. The third kappa shape index (κ3) is 4.08. The van der Waals surface area contributed by atoms with E-state index in [0.29, 0.717) is 17.2 Å². The lowest BCUT2D eigenvalue weighted by molar-refractivity contribution is -0.133. The second-order valence-electron chi connectivity index (χ2n) is 5.63. The predicted octanol–water partition coefficient (Wildman–Crippen LogP) is 1.57. The van der Waals surface area contributed by atoms with Crippen molar-refractivity contribution in [2.45, 2.75) is 50.7 Å². The maximum absolute atomic E-state index is 12.2. The second-order valence-corrected chi connectivity index (χ2v) is 6.58. The number of aryl methyl sites for hydroxylation is 2. The summed E-state index contributed by atoms with van der Waals surface area (Å²) in [5.74, 6) is -1.10. The Kier molecular flexibility index (Phi) is 6.24. The molecule has 0 aliphatic heterocycles. The van der Waals surface area contributed by atoms with Crippen molar-refractivity contribution in [2.75, 3.05) is 5.75 Å². The Morgan fingerprint density at radius 1 is 1.25 bits per heavy atom. The lowest BCUT2D eigenvalue weighted by atomic mass is 10.1. The highest BCUT2D eigenvalue weighted by Crippen LogP contribution is 2.22. The number of aromatic amines is 1. The molecule has 24 heavy (non-hydrogen) atoms. The molecule has 2 N–H and O–H groups in total. The van der Waals surface area contributed by atoms with Crippen LogP contribution in [0.3, 0.4) is 0 Å². The maximum atomic E-state index is 12.2. The lowest BCUT2D eigenvalue weighted by Crippen LogP contribution is -2.29. The molecule has 0 aliphatic carbocycles. The number of rotatable bonds is 9. The topological polar surface area (TPSA) is 110 Å². The Balaban J connectivity index is 2.38. The maximum Gasteiger partial charge on any atom is 0.329 e. The van der Waals surface area contributed by atoms with Gasteiger partial charge in [-0.15, -0.1) is 0 Å². The van der Waals surface area contributed by atoms with Gasteiger partial charge in [0.2, 0.25) is 0 Å². The highest BCUT2D eigenvalue weighted by atomic mass is 32.2. The van der Waals surface area contributed by atoms with Crippen molar-refractivity contribution in [1.82, 2.24) is 19.1 Å². The van der Waals surface area contributed by atoms with E-state index in [-0.39, 0.29) is 11.4 Å². The van der Waals surface area contributed by atoms with Crippen molar-refractivity contribution >= 4 is 28.9 Å². The third-order valence-electron chi connectivity index (χ3n) is 3.78. The SMILES string of the molecule is CCCCCCCn1c(SCC(=O)O)nc2c1c(=O)[nH]c(=O)n2C. The van der Waals surface area contributed by atoms with Gasteiger partial charge in [0, 0.05) is 13.6 Å². The summed E-state index contributed by atoms with van der Waals surface area (Å²) in [5.41, 5.74) is -0.420. The van der Waals surface area contributed by atoms with Gasteiger partial charge in [0.25, 0.3) is 5.56 Å². The summed E-state index contributed by atoms with van der Waals surface area (Å²) in [6.45, 7) is 2.72. The van der Waals surface area contributed by atoms with Crippen LogP contribution in [0.25, 0.3) is 11.2 Å². The van der Waals surface area contributed by atoms with E-state index >= 15 is 0 Å². The van der Waals surface area contributed by atoms with Gasteiger partial charge in [0.15, 0.2) is 16.3 Å². The first-order chi connectivity index (χ1) is 11.5. The molecule has 0 radical (unpaired) electrons. The van der Waals surface area contributed by atoms with Crippen molar-refractivity contribution in [2.24, 2.45) is 7.05 Å².